The van der Waals surface area contributed by atoms with Crippen LogP contribution in [0.2, 0.25) is 0 Å². The molecular weight excluding hydrogens is 520 g/mol. The van der Waals surface area contributed by atoms with E-state index < -0.39 is 23.3 Å². The van der Waals surface area contributed by atoms with Crippen molar-refractivity contribution < 1.29 is 34.1 Å². The van der Waals surface area contributed by atoms with Gasteiger partial charge in [0.25, 0.3) is 0 Å². The van der Waals surface area contributed by atoms with Crippen LogP contribution in [0.15, 0.2) is 11.6 Å². The molecule has 0 unspecified atom stereocenters. The van der Waals surface area contributed by atoms with Crippen molar-refractivity contribution in [3.05, 3.63) is 11.6 Å². The molecule has 41 heavy (non-hydrogen) atoms. The number of ether oxygens (including phenoxy) is 1. The Bertz CT molecular complexity index is 1200. The highest BCUT2D eigenvalue weighted by atomic mass is 16.5. The second kappa shape index (κ2) is 9.41. The molecule has 0 aromatic heterocycles. The van der Waals surface area contributed by atoms with Gasteiger partial charge >= 0.3 is 17.9 Å². The second-order valence-corrected chi connectivity index (χ2v) is 16.3. The van der Waals surface area contributed by atoms with Crippen LogP contribution in [0.1, 0.15) is 119 Å². The maximum Gasteiger partial charge on any atom is 0.309 e. The number of carboxylic acids is 2. The average Bonchev–Trinajstić information content (AvgIpc) is 2.86. The lowest BCUT2D eigenvalue weighted by molar-refractivity contribution is -0.211. The Morgan fingerprint density at radius 1 is 0.878 bits per heavy atom. The number of hydrogen-bond acceptors (Lipinski definition) is 5. The fraction of sp³-hybridized carbons (Fsp3) is 0.824. The van der Waals surface area contributed by atoms with Gasteiger partial charge in [0.05, 0.1) is 18.3 Å². The molecule has 9 atom stereocenters. The molecule has 0 aromatic rings. The number of hydrogen-bond donors (Lipinski definition) is 2. The number of carbonyl (C=O) groups excluding carboxylic acids is 2. The minimum Gasteiger partial charge on any atom is -0.481 e. The zero-order valence-electron chi connectivity index (χ0n) is 26.1. The van der Waals surface area contributed by atoms with Crippen molar-refractivity contribution in [1.82, 2.24) is 0 Å². The van der Waals surface area contributed by atoms with Gasteiger partial charge in [-0.05, 0) is 104 Å². The van der Waals surface area contributed by atoms with Gasteiger partial charge in [-0.3, -0.25) is 19.2 Å². The molecule has 7 nitrogen and oxygen atoms in total. The topological polar surface area (TPSA) is 118 Å². The van der Waals surface area contributed by atoms with Gasteiger partial charge in [0.1, 0.15) is 6.10 Å². The van der Waals surface area contributed by atoms with E-state index in [-0.39, 0.29) is 69.6 Å². The molecule has 2 N–H and O–H groups in total. The summed E-state index contributed by atoms with van der Waals surface area (Å²) in [5.74, 6) is -1.87. The first-order valence-electron chi connectivity index (χ1n) is 15.7. The predicted molar refractivity (Wildman–Crippen MR) is 154 cm³/mol. The number of carbonyl (C=O) groups is 4. The largest absolute Gasteiger partial charge is 0.481 e. The normalized spacial score (nSPS) is 46.6. The van der Waals surface area contributed by atoms with E-state index in [1.807, 2.05) is 13.0 Å². The zero-order valence-corrected chi connectivity index (χ0v) is 26.1. The van der Waals surface area contributed by atoms with Crippen LogP contribution in [0.3, 0.4) is 0 Å². The fourth-order valence-electron chi connectivity index (χ4n) is 11.0. The van der Waals surface area contributed by atoms with Crippen molar-refractivity contribution in [3.63, 3.8) is 0 Å². The van der Waals surface area contributed by atoms with Crippen molar-refractivity contribution in [2.45, 2.75) is 125 Å². The number of ketones is 1. The summed E-state index contributed by atoms with van der Waals surface area (Å²) in [4.78, 5) is 50.3. The average molecular weight is 571 g/mol. The van der Waals surface area contributed by atoms with E-state index in [2.05, 4.69) is 41.5 Å². The van der Waals surface area contributed by atoms with Crippen molar-refractivity contribution in [3.8, 4) is 0 Å². The highest BCUT2D eigenvalue weighted by molar-refractivity contribution is 5.95. The van der Waals surface area contributed by atoms with E-state index in [4.69, 9.17) is 9.84 Å². The lowest BCUT2D eigenvalue weighted by Gasteiger charge is -2.70. The van der Waals surface area contributed by atoms with E-state index in [1.54, 1.807) is 0 Å². The van der Waals surface area contributed by atoms with Gasteiger partial charge < -0.3 is 14.9 Å². The highest BCUT2D eigenvalue weighted by Gasteiger charge is 2.70. The molecule has 5 rings (SSSR count). The summed E-state index contributed by atoms with van der Waals surface area (Å²) in [6.07, 6.45) is 8.80. The van der Waals surface area contributed by atoms with Gasteiger partial charge in [0.2, 0.25) is 0 Å². The maximum absolute atomic E-state index is 14.5. The van der Waals surface area contributed by atoms with E-state index in [0.717, 1.165) is 38.5 Å². The molecule has 5 aliphatic carbocycles. The van der Waals surface area contributed by atoms with Crippen LogP contribution in [0.4, 0.5) is 0 Å². The Hall–Kier alpha value is -2.18. The molecule has 0 spiro atoms. The summed E-state index contributed by atoms with van der Waals surface area (Å²) in [5, 5.41) is 19.1. The van der Waals surface area contributed by atoms with E-state index in [1.165, 1.54) is 5.57 Å². The molecule has 0 heterocycles. The number of allylic oxidation sites excluding steroid dienone is 2. The van der Waals surface area contributed by atoms with Crippen molar-refractivity contribution >= 4 is 23.7 Å². The monoisotopic (exact) mass is 570 g/mol. The molecule has 0 bridgehead atoms. The van der Waals surface area contributed by atoms with Crippen LogP contribution < -0.4 is 0 Å². The van der Waals surface area contributed by atoms with Gasteiger partial charge in [0, 0.05) is 11.3 Å². The van der Waals surface area contributed by atoms with Gasteiger partial charge in [-0.2, -0.15) is 0 Å². The van der Waals surface area contributed by atoms with Gasteiger partial charge in [0.15, 0.2) is 5.78 Å². The third-order valence-corrected chi connectivity index (χ3v) is 13.8. The van der Waals surface area contributed by atoms with Crippen LogP contribution in [0.5, 0.6) is 0 Å². The lowest BCUT2D eigenvalue weighted by atomic mass is 9.33. The number of esters is 1. The van der Waals surface area contributed by atoms with E-state index in [9.17, 15) is 24.3 Å². The van der Waals surface area contributed by atoms with Gasteiger partial charge in [-0.1, -0.05) is 47.1 Å². The molecule has 0 saturated heterocycles. The van der Waals surface area contributed by atoms with Crippen molar-refractivity contribution in [1.29, 1.82) is 0 Å². The molecule has 4 saturated carbocycles. The maximum atomic E-state index is 14.5. The Morgan fingerprint density at radius 3 is 2.17 bits per heavy atom. The molecule has 0 aromatic carbocycles. The Kier molecular flexibility index (Phi) is 6.95. The summed E-state index contributed by atoms with van der Waals surface area (Å²) < 4.78 is 5.91. The molecule has 0 radical (unpaired) electrons. The van der Waals surface area contributed by atoms with E-state index >= 15 is 0 Å². The van der Waals surface area contributed by atoms with Crippen LogP contribution >= 0.6 is 0 Å². The number of carboxylic acid groups (broad SMARTS) is 2. The molecule has 4 fully saturated rings. The predicted octanol–water partition coefficient (Wildman–Crippen LogP) is 6.83. The standard InChI is InChI=1S/C34H50O7/c1-29(2)23-10-13-34(7)27(32(23,5)12-11-24(29)41-26(38)9-8-25(36)37)22(35)18-20-21-19-31(4,28(39)40)15-14-30(21,3)16-17-33(20,34)6/h18,21,23-24,27H,8-17,19H2,1-7H3,(H,36,37)(H,39,40)/t21-,23+,24+,27-,30-,31+,32+,33-,34-/m1/s1. The lowest BCUT2D eigenvalue weighted by Crippen LogP contribution is -2.66. The quantitative estimate of drug-likeness (QED) is 0.348. The van der Waals surface area contributed by atoms with Crippen LogP contribution in [-0.4, -0.2) is 40.0 Å². The Balaban J connectivity index is 1.49. The minimum atomic E-state index is -1.01. The van der Waals surface area contributed by atoms with Crippen LogP contribution in [0.25, 0.3) is 0 Å². The number of rotatable bonds is 5. The van der Waals surface area contributed by atoms with Crippen molar-refractivity contribution in [2.24, 2.45) is 50.2 Å². The highest BCUT2D eigenvalue weighted by Crippen LogP contribution is 2.75. The summed E-state index contributed by atoms with van der Waals surface area (Å²) >= 11 is 0. The third kappa shape index (κ3) is 4.25. The molecular formula is C34H50O7. The third-order valence-electron chi connectivity index (χ3n) is 13.8. The molecule has 0 amide bonds. The first-order chi connectivity index (χ1) is 18.8. The molecule has 0 aliphatic heterocycles. The van der Waals surface area contributed by atoms with Gasteiger partial charge in [-0.25, -0.2) is 0 Å². The van der Waals surface area contributed by atoms with Crippen LogP contribution in [-0.2, 0) is 23.9 Å². The van der Waals surface area contributed by atoms with Crippen LogP contribution in [0, 0.1) is 50.2 Å². The second-order valence-electron chi connectivity index (χ2n) is 16.3. The zero-order chi connectivity index (χ0) is 30.4. The Morgan fingerprint density at radius 2 is 1.54 bits per heavy atom. The Labute approximate surface area is 244 Å². The number of aliphatic carboxylic acids is 2. The minimum absolute atomic E-state index is 0.0233. The summed E-state index contributed by atoms with van der Waals surface area (Å²) in [6.45, 7) is 15.5. The summed E-state index contributed by atoms with van der Waals surface area (Å²) in [7, 11) is 0. The van der Waals surface area contributed by atoms with Gasteiger partial charge in [-0.15, -0.1) is 0 Å². The molecule has 5 aliphatic rings. The summed E-state index contributed by atoms with van der Waals surface area (Å²) in [6, 6.07) is 0. The van der Waals surface area contributed by atoms with Crippen molar-refractivity contribution in [2.75, 3.05) is 0 Å². The molecule has 228 valence electrons. The first kappa shape index (κ1) is 30.3. The number of fused-ring (bicyclic) bond motifs is 7. The smallest absolute Gasteiger partial charge is 0.309 e. The SMILES string of the molecule is CC1(C)[C@@H](OC(=O)CCC(=O)O)CC[C@]2(C)[C@H]3C(=O)C=C4[C@H]5C[C@@](C)(C(=O)O)CC[C@]5(C)CC[C@@]4(C)[C@]3(C)CC[C@@H]12. The molecule has 7 heteroatoms. The fourth-order valence-corrected chi connectivity index (χ4v) is 11.0. The van der Waals surface area contributed by atoms with E-state index in [0.29, 0.717) is 19.3 Å². The first-order valence-corrected chi connectivity index (χ1v) is 15.7. The summed E-state index contributed by atoms with van der Waals surface area (Å²) in [5.41, 5.74) is -0.553.